The first kappa shape index (κ1) is 12.2. The third-order valence-corrected chi connectivity index (χ3v) is 3.17. The third-order valence-electron chi connectivity index (χ3n) is 3.17. The zero-order valence-electron chi connectivity index (χ0n) is 10.1. The van der Waals surface area contributed by atoms with Crippen molar-refractivity contribution in [3.05, 3.63) is 29.6 Å². The summed E-state index contributed by atoms with van der Waals surface area (Å²) >= 11 is 0. The zero-order valence-corrected chi connectivity index (χ0v) is 10.1. The van der Waals surface area contributed by atoms with Crippen LogP contribution in [0.1, 0.15) is 35.8 Å². The molecule has 92 valence electrons. The minimum absolute atomic E-state index is 0.0720. The van der Waals surface area contributed by atoms with Crippen molar-refractivity contribution in [2.45, 2.75) is 32.4 Å². The number of carbonyl (C=O) groups excluding carboxylic acids is 1. The number of aliphatic hydroxyl groups excluding tert-OH is 1. The fourth-order valence-electron chi connectivity index (χ4n) is 2.09. The molecule has 0 amide bonds. The molecule has 0 atom stereocenters. The fourth-order valence-corrected chi connectivity index (χ4v) is 2.09. The number of hydrogen-bond donors (Lipinski definition) is 1. The average molecular weight is 234 g/mol. The molecule has 17 heavy (non-hydrogen) atoms. The smallest absolute Gasteiger partial charge is 0.159 e. The van der Waals surface area contributed by atoms with Crippen molar-refractivity contribution in [3.63, 3.8) is 0 Å². The van der Waals surface area contributed by atoms with Crippen LogP contribution in [0.2, 0.25) is 0 Å². The number of carbonyl (C=O) groups is 1. The first-order valence-electron chi connectivity index (χ1n) is 6.01. The van der Waals surface area contributed by atoms with Crippen LogP contribution in [0.15, 0.2) is 18.3 Å². The summed E-state index contributed by atoms with van der Waals surface area (Å²) in [6.07, 6.45) is 3.19. The Labute approximate surface area is 101 Å². The number of aliphatic hydroxyl groups is 1. The van der Waals surface area contributed by atoms with Crippen molar-refractivity contribution in [3.8, 4) is 0 Å². The van der Waals surface area contributed by atoms with Gasteiger partial charge in [0.25, 0.3) is 0 Å². The third kappa shape index (κ3) is 3.35. The monoisotopic (exact) mass is 234 g/mol. The van der Waals surface area contributed by atoms with Crippen LogP contribution in [0.25, 0.3) is 0 Å². The maximum Gasteiger partial charge on any atom is 0.159 e. The van der Waals surface area contributed by atoms with Gasteiger partial charge in [-0.25, -0.2) is 0 Å². The van der Waals surface area contributed by atoms with E-state index in [0.717, 1.165) is 38.2 Å². The summed E-state index contributed by atoms with van der Waals surface area (Å²) in [7, 11) is 0. The van der Waals surface area contributed by atoms with Crippen LogP contribution < -0.4 is 0 Å². The Morgan fingerprint density at radius 3 is 2.88 bits per heavy atom. The lowest BCUT2D eigenvalue weighted by molar-refractivity contribution is 0.0786. The highest BCUT2D eigenvalue weighted by Gasteiger charge is 2.17. The molecule has 2 rings (SSSR count). The van der Waals surface area contributed by atoms with Crippen LogP contribution in [-0.2, 0) is 6.54 Å². The molecule has 4 heteroatoms. The molecule has 2 heterocycles. The normalized spacial score (nSPS) is 18.2. The highest BCUT2D eigenvalue weighted by atomic mass is 16.3. The van der Waals surface area contributed by atoms with Crippen molar-refractivity contribution in [2.24, 2.45) is 0 Å². The quantitative estimate of drug-likeness (QED) is 0.799. The van der Waals surface area contributed by atoms with E-state index < -0.39 is 0 Å². The van der Waals surface area contributed by atoms with Gasteiger partial charge in [0.05, 0.1) is 11.8 Å². The van der Waals surface area contributed by atoms with E-state index in [4.69, 9.17) is 0 Å². The van der Waals surface area contributed by atoms with Crippen LogP contribution in [0.3, 0.4) is 0 Å². The molecule has 1 aromatic rings. The highest BCUT2D eigenvalue weighted by molar-refractivity contribution is 5.93. The van der Waals surface area contributed by atoms with Gasteiger partial charge in [0.15, 0.2) is 5.78 Å². The molecule has 0 spiro atoms. The van der Waals surface area contributed by atoms with Crippen LogP contribution >= 0.6 is 0 Å². The molecule has 1 aliphatic heterocycles. The van der Waals surface area contributed by atoms with Crippen molar-refractivity contribution in [2.75, 3.05) is 13.1 Å². The van der Waals surface area contributed by atoms with Crippen LogP contribution in [0, 0.1) is 0 Å². The Kier molecular flexibility index (Phi) is 3.86. The van der Waals surface area contributed by atoms with E-state index in [1.54, 1.807) is 19.2 Å². The molecular weight excluding hydrogens is 216 g/mol. The van der Waals surface area contributed by atoms with E-state index >= 15 is 0 Å². The van der Waals surface area contributed by atoms with Gasteiger partial charge in [-0.1, -0.05) is 0 Å². The number of Topliss-reactive ketones (excluding diaryl/α,β-unsaturated/α-hetero) is 1. The lowest BCUT2D eigenvalue weighted by Gasteiger charge is -2.29. The first-order valence-corrected chi connectivity index (χ1v) is 6.01. The summed E-state index contributed by atoms with van der Waals surface area (Å²) in [6, 6.07) is 3.60. The van der Waals surface area contributed by atoms with E-state index in [2.05, 4.69) is 9.88 Å². The highest BCUT2D eigenvalue weighted by Crippen LogP contribution is 2.13. The Morgan fingerprint density at radius 2 is 2.24 bits per heavy atom. The Balaban J connectivity index is 1.98. The summed E-state index contributed by atoms with van der Waals surface area (Å²) in [4.78, 5) is 17.8. The summed E-state index contributed by atoms with van der Waals surface area (Å²) in [5, 5.41) is 9.42. The Bertz CT molecular complexity index is 398. The van der Waals surface area contributed by atoms with Gasteiger partial charge in [0.2, 0.25) is 0 Å². The summed E-state index contributed by atoms with van der Waals surface area (Å²) in [5.41, 5.74) is 1.64. The van der Waals surface area contributed by atoms with Gasteiger partial charge in [0.1, 0.15) is 0 Å². The standard InChI is InChI=1S/C13H18N2O2/c1-10(16)11-2-5-14-12(8-11)9-15-6-3-13(17)4-7-15/h2,5,8,13,17H,3-4,6-7,9H2,1H3. The van der Waals surface area contributed by atoms with Crippen molar-refractivity contribution < 1.29 is 9.90 Å². The van der Waals surface area contributed by atoms with Gasteiger partial charge in [-0.3, -0.25) is 14.7 Å². The Hall–Kier alpha value is -1.26. The van der Waals surface area contributed by atoms with E-state index in [9.17, 15) is 9.90 Å². The van der Waals surface area contributed by atoms with Crippen LogP contribution in [0.4, 0.5) is 0 Å². The average Bonchev–Trinajstić information content (AvgIpc) is 2.32. The molecule has 1 saturated heterocycles. The zero-order chi connectivity index (χ0) is 12.3. The number of rotatable bonds is 3. The Morgan fingerprint density at radius 1 is 1.53 bits per heavy atom. The number of nitrogens with zero attached hydrogens (tertiary/aromatic N) is 2. The van der Waals surface area contributed by atoms with Gasteiger partial charge in [0, 0.05) is 31.4 Å². The molecule has 0 saturated carbocycles. The van der Waals surface area contributed by atoms with Gasteiger partial charge < -0.3 is 5.11 Å². The summed E-state index contributed by atoms with van der Waals surface area (Å²) in [6.45, 7) is 4.12. The van der Waals surface area contributed by atoms with E-state index in [0.29, 0.717) is 5.56 Å². The largest absolute Gasteiger partial charge is 0.393 e. The molecule has 1 fully saturated rings. The predicted octanol–water partition coefficient (Wildman–Crippen LogP) is 1.24. The second-order valence-corrected chi connectivity index (χ2v) is 4.60. The second kappa shape index (κ2) is 5.38. The predicted molar refractivity (Wildman–Crippen MR) is 64.8 cm³/mol. The summed E-state index contributed by atoms with van der Waals surface area (Å²) < 4.78 is 0. The molecule has 1 aromatic heterocycles. The van der Waals surface area contributed by atoms with Crippen LogP contribution in [0.5, 0.6) is 0 Å². The number of piperidine rings is 1. The number of likely N-dealkylation sites (tertiary alicyclic amines) is 1. The summed E-state index contributed by atoms with van der Waals surface area (Å²) in [5.74, 6) is 0.0720. The molecule has 0 aromatic carbocycles. The van der Waals surface area contributed by atoms with E-state index in [1.807, 2.05) is 6.07 Å². The molecule has 0 unspecified atom stereocenters. The van der Waals surface area contributed by atoms with Gasteiger partial charge >= 0.3 is 0 Å². The minimum atomic E-state index is -0.150. The molecule has 0 radical (unpaired) electrons. The molecular formula is C13H18N2O2. The fraction of sp³-hybridized carbons (Fsp3) is 0.538. The number of ketones is 1. The van der Waals surface area contributed by atoms with Crippen molar-refractivity contribution in [1.29, 1.82) is 0 Å². The molecule has 0 bridgehead atoms. The topological polar surface area (TPSA) is 53.4 Å². The van der Waals surface area contributed by atoms with Crippen molar-refractivity contribution in [1.82, 2.24) is 9.88 Å². The van der Waals surface area contributed by atoms with Crippen LogP contribution in [-0.4, -0.2) is 40.0 Å². The van der Waals surface area contributed by atoms with Gasteiger partial charge in [-0.2, -0.15) is 0 Å². The van der Waals surface area contributed by atoms with E-state index in [1.165, 1.54) is 0 Å². The number of hydrogen-bond acceptors (Lipinski definition) is 4. The number of pyridine rings is 1. The molecule has 1 N–H and O–H groups in total. The maximum atomic E-state index is 11.3. The SMILES string of the molecule is CC(=O)c1ccnc(CN2CCC(O)CC2)c1. The van der Waals surface area contributed by atoms with Crippen molar-refractivity contribution >= 4 is 5.78 Å². The van der Waals surface area contributed by atoms with E-state index in [-0.39, 0.29) is 11.9 Å². The first-order chi connectivity index (χ1) is 8.15. The molecule has 0 aliphatic carbocycles. The lowest BCUT2D eigenvalue weighted by atomic mass is 10.1. The maximum absolute atomic E-state index is 11.3. The van der Waals surface area contributed by atoms with Gasteiger partial charge in [-0.05, 0) is 31.9 Å². The minimum Gasteiger partial charge on any atom is -0.393 e. The molecule has 1 aliphatic rings. The lowest BCUT2D eigenvalue weighted by Crippen LogP contribution is -2.35. The second-order valence-electron chi connectivity index (χ2n) is 4.60. The molecule has 4 nitrogen and oxygen atoms in total. The number of aromatic nitrogens is 1. The van der Waals surface area contributed by atoms with Gasteiger partial charge in [-0.15, -0.1) is 0 Å².